The molecule has 0 N–H and O–H groups in total. The van der Waals surface area contributed by atoms with Crippen LogP contribution >= 0.6 is 22.7 Å². The minimum atomic E-state index is -0.519. The van der Waals surface area contributed by atoms with Gasteiger partial charge in [0.25, 0.3) is 5.91 Å². The number of hydrogen-bond donors (Lipinski definition) is 0. The van der Waals surface area contributed by atoms with Crippen LogP contribution in [0.2, 0.25) is 0 Å². The third-order valence-electron chi connectivity index (χ3n) is 3.27. The summed E-state index contributed by atoms with van der Waals surface area (Å²) in [5.74, 6) is 0.239. The molecule has 2 heterocycles. The molecule has 2 aromatic heterocycles. The Bertz CT molecular complexity index is 1000. The molecule has 1 amide bonds. The average molecular weight is 363 g/mol. The number of amides is 1. The van der Waals surface area contributed by atoms with E-state index in [1.807, 2.05) is 32.2 Å². The summed E-state index contributed by atoms with van der Waals surface area (Å²) in [5.41, 5.74) is 0.869. The molecule has 0 radical (unpaired) electrons. The van der Waals surface area contributed by atoms with Crippen molar-refractivity contribution in [2.24, 2.45) is 12.0 Å². The summed E-state index contributed by atoms with van der Waals surface area (Å²) in [5, 5.41) is 10.6. The van der Waals surface area contributed by atoms with E-state index in [0.717, 1.165) is 27.3 Å². The maximum Gasteiger partial charge on any atom is 0.324 e. The second kappa shape index (κ2) is 6.54. The molecule has 0 atom stereocenters. The number of thiophene rings is 1. The second-order valence-electron chi connectivity index (χ2n) is 4.79. The van der Waals surface area contributed by atoms with E-state index in [9.17, 15) is 14.9 Å². The van der Waals surface area contributed by atoms with Gasteiger partial charge in [-0.3, -0.25) is 14.9 Å². The molecule has 0 aliphatic carbocycles. The standard InChI is InChI=1S/C15H13N3O4S2/c1-3-22-9-5-4-6-10-13(9)17(2)15(24-10)16-14(19)11-7-8-12(23-11)18(20)21/h4-8H,3H2,1-2H3. The molecular formula is C15H13N3O4S2. The summed E-state index contributed by atoms with van der Waals surface area (Å²) in [6.07, 6.45) is 0. The first-order chi connectivity index (χ1) is 11.5. The Morgan fingerprint density at radius 3 is 2.79 bits per heavy atom. The number of para-hydroxylation sites is 1. The summed E-state index contributed by atoms with van der Waals surface area (Å²) in [7, 11) is 1.81. The van der Waals surface area contributed by atoms with E-state index in [1.165, 1.54) is 23.5 Å². The zero-order valence-corrected chi connectivity index (χ0v) is 14.5. The average Bonchev–Trinajstić information content (AvgIpc) is 3.15. The van der Waals surface area contributed by atoms with Gasteiger partial charge in [-0.1, -0.05) is 28.7 Å². The first-order valence-corrected chi connectivity index (χ1v) is 8.69. The maximum absolute atomic E-state index is 12.3. The molecular weight excluding hydrogens is 350 g/mol. The lowest BCUT2D eigenvalue weighted by Gasteiger charge is -2.05. The zero-order chi connectivity index (χ0) is 17.3. The number of benzene rings is 1. The van der Waals surface area contributed by atoms with Gasteiger partial charge in [-0.25, -0.2) is 0 Å². The van der Waals surface area contributed by atoms with E-state index in [0.29, 0.717) is 11.4 Å². The Hall–Kier alpha value is -2.52. The topological polar surface area (TPSA) is 86.7 Å². The van der Waals surface area contributed by atoms with Gasteiger partial charge in [0.1, 0.15) is 16.1 Å². The van der Waals surface area contributed by atoms with Gasteiger partial charge >= 0.3 is 5.00 Å². The SMILES string of the molecule is CCOc1cccc2sc(=NC(=O)c3ccc([N+](=O)[O-])s3)n(C)c12. The smallest absolute Gasteiger partial charge is 0.324 e. The van der Waals surface area contributed by atoms with E-state index in [-0.39, 0.29) is 9.88 Å². The van der Waals surface area contributed by atoms with Gasteiger partial charge in [0.2, 0.25) is 0 Å². The molecule has 0 fully saturated rings. The number of ether oxygens (including phenoxy) is 1. The van der Waals surface area contributed by atoms with Crippen molar-refractivity contribution in [3.8, 4) is 5.75 Å². The molecule has 9 heteroatoms. The predicted octanol–water partition coefficient (Wildman–Crippen LogP) is 3.35. The van der Waals surface area contributed by atoms with Gasteiger partial charge in [-0.15, -0.1) is 0 Å². The number of carbonyl (C=O) groups is 1. The first kappa shape index (κ1) is 16.3. The van der Waals surface area contributed by atoms with Gasteiger partial charge in [0.15, 0.2) is 4.80 Å². The zero-order valence-electron chi connectivity index (χ0n) is 12.9. The number of nitro groups is 1. The predicted molar refractivity (Wildman–Crippen MR) is 92.8 cm³/mol. The molecule has 124 valence electrons. The van der Waals surface area contributed by atoms with E-state index < -0.39 is 10.8 Å². The van der Waals surface area contributed by atoms with Crippen LogP contribution in [0.5, 0.6) is 5.75 Å². The van der Waals surface area contributed by atoms with Crippen LogP contribution in [0.25, 0.3) is 10.2 Å². The van der Waals surface area contributed by atoms with Crippen molar-refractivity contribution in [3.63, 3.8) is 0 Å². The lowest BCUT2D eigenvalue weighted by Crippen LogP contribution is -2.13. The van der Waals surface area contributed by atoms with Crippen LogP contribution in [0.1, 0.15) is 16.6 Å². The van der Waals surface area contributed by atoms with E-state index in [1.54, 1.807) is 4.57 Å². The number of thiazole rings is 1. The highest BCUT2D eigenvalue weighted by Gasteiger charge is 2.16. The first-order valence-electron chi connectivity index (χ1n) is 7.06. The fourth-order valence-corrected chi connectivity index (χ4v) is 3.97. The molecule has 3 rings (SSSR count). The Balaban J connectivity index is 2.06. The molecule has 0 aliphatic heterocycles. The minimum Gasteiger partial charge on any atom is -0.492 e. The van der Waals surface area contributed by atoms with Gasteiger partial charge in [0, 0.05) is 13.1 Å². The molecule has 0 saturated carbocycles. The van der Waals surface area contributed by atoms with Gasteiger partial charge < -0.3 is 9.30 Å². The van der Waals surface area contributed by atoms with Gasteiger partial charge in [0.05, 0.1) is 16.2 Å². The Kier molecular flexibility index (Phi) is 4.45. The number of nitrogens with zero attached hydrogens (tertiary/aromatic N) is 3. The Morgan fingerprint density at radius 2 is 2.12 bits per heavy atom. The molecule has 0 unspecified atom stereocenters. The summed E-state index contributed by atoms with van der Waals surface area (Å²) in [6, 6.07) is 8.42. The molecule has 7 nitrogen and oxygen atoms in total. The van der Waals surface area contributed by atoms with Gasteiger partial charge in [-0.05, 0) is 25.1 Å². The normalized spacial score (nSPS) is 11.8. The number of rotatable bonds is 4. The van der Waals surface area contributed by atoms with Crippen molar-refractivity contribution in [1.82, 2.24) is 4.57 Å². The number of carbonyl (C=O) groups excluding carboxylic acids is 1. The molecule has 0 bridgehead atoms. The van der Waals surface area contributed by atoms with Crippen LogP contribution in [0.3, 0.4) is 0 Å². The fourth-order valence-electron chi connectivity index (χ4n) is 2.23. The van der Waals surface area contributed by atoms with Crippen molar-refractivity contribution in [1.29, 1.82) is 0 Å². The number of aryl methyl sites for hydroxylation is 1. The summed E-state index contributed by atoms with van der Waals surface area (Å²) in [6.45, 7) is 2.45. The summed E-state index contributed by atoms with van der Waals surface area (Å²) < 4.78 is 8.37. The van der Waals surface area contributed by atoms with Gasteiger partial charge in [-0.2, -0.15) is 4.99 Å². The Labute approximate surface area is 144 Å². The van der Waals surface area contributed by atoms with Crippen molar-refractivity contribution >= 4 is 43.8 Å². The number of fused-ring (bicyclic) bond motifs is 1. The fraction of sp³-hybridized carbons (Fsp3) is 0.200. The number of hydrogen-bond acceptors (Lipinski definition) is 6. The quantitative estimate of drug-likeness (QED) is 0.525. The van der Waals surface area contributed by atoms with Crippen LogP contribution in [-0.4, -0.2) is 22.0 Å². The van der Waals surface area contributed by atoms with Crippen molar-refractivity contribution in [2.75, 3.05) is 6.61 Å². The lowest BCUT2D eigenvalue weighted by molar-refractivity contribution is -0.380. The summed E-state index contributed by atoms with van der Waals surface area (Å²) in [4.78, 5) is 27.3. The van der Waals surface area contributed by atoms with E-state index in [2.05, 4.69) is 4.99 Å². The van der Waals surface area contributed by atoms with Crippen LogP contribution in [0.4, 0.5) is 5.00 Å². The molecule has 3 aromatic rings. The lowest BCUT2D eigenvalue weighted by atomic mass is 10.3. The molecule has 0 aliphatic rings. The second-order valence-corrected chi connectivity index (χ2v) is 6.86. The molecule has 1 aromatic carbocycles. The van der Waals surface area contributed by atoms with Crippen LogP contribution < -0.4 is 9.54 Å². The maximum atomic E-state index is 12.3. The highest BCUT2D eigenvalue weighted by Crippen LogP contribution is 2.27. The monoisotopic (exact) mass is 363 g/mol. The Morgan fingerprint density at radius 1 is 1.33 bits per heavy atom. The molecule has 0 saturated heterocycles. The highest BCUT2D eigenvalue weighted by molar-refractivity contribution is 7.17. The number of aromatic nitrogens is 1. The van der Waals surface area contributed by atoms with Crippen LogP contribution in [0, 0.1) is 10.1 Å². The molecule has 0 spiro atoms. The summed E-state index contributed by atoms with van der Waals surface area (Å²) >= 11 is 2.19. The highest BCUT2D eigenvalue weighted by atomic mass is 32.1. The van der Waals surface area contributed by atoms with Crippen molar-refractivity contribution in [2.45, 2.75) is 6.92 Å². The largest absolute Gasteiger partial charge is 0.492 e. The van der Waals surface area contributed by atoms with Crippen LogP contribution in [-0.2, 0) is 7.05 Å². The van der Waals surface area contributed by atoms with Crippen molar-refractivity contribution < 1.29 is 14.5 Å². The van der Waals surface area contributed by atoms with Crippen LogP contribution in [0.15, 0.2) is 35.3 Å². The van der Waals surface area contributed by atoms with Crippen molar-refractivity contribution in [3.05, 3.63) is 50.1 Å². The van der Waals surface area contributed by atoms with E-state index >= 15 is 0 Å². The molecule has 24 heavy (non-hydrogen) atoms. The van der Waals surface area contributed by atoms with E-state index in [4.69, 9.17) is 4.74 Å². The third kappa shape index (κ3) is 2.95. The minimum absolute atomic E-state index is 0.0760. The third-order valence-corrected chi connectivity index (χ3v) is 5.39.